The Morgan fingerprint density at radius 2 is 1.96 bits per heavy atom. The van der Waals surface area contributed by atoms with E-state index in [1.165, 1.54) is 12.1 Å². The highest BCUT2D eigenvalue weighted by Gasteiger charge is 2.14. The van der Waals surface area contributed by atoms with E-state index < -0.39 is 11.6 Å². The van der Waals surface area contributed by atoms with Crippen molar-refractivity contribution in [3.63, 3.8) is 0 Å². The van der Waals surface area contributed by atoms with Crippen molar-refractivity contribution >= 4 is 28.4 Å². The van der Waals surface area contributed by atoms with Crippen LogP contribution in [-0.2, 0) is 12.6 Å². The zero-order chi connectivity index (χ0) is 17.8. The van der Waals surface area contributed by atoms with Crippen LogP contribution in [0.15, 0.2) is 54.6 Å². The van der Waals surface area contributed by atoms with Crippen LogP contribution in [0.1, 0.15) is 17.5 Å². The molecule has 0 aliphatic heterocycles. The van der Waals surface area contributed by atoms with Gasteiger partial charge in [0.25, 0.3) is 0 Å². The van der Waals surface area contributed by atoms with Gasteiger partial charge in [0.2, 0.25) is 0 Å². The third-order valence-electron chi connectivity index (χ3n) is 4.24. The number of rotatable bonds is 5. The summed E-state index contributed by atoms with van der Waals surface area (Å²) in [5.41, 5.74) is 1.97. The first-order valence-electron chi connectivity index (χ1n) is 8.17. The van der Waals surface area contributed by atoms with Gasteiger partial charge in [-0.2, -0.15) is 0 Å². The van der Waals surface area contributed by atoms with Crippen LogP contribution in [0.4, 0.5) is 8.78 Å². The summed E-state index contributed by atoms with van der Waals surface area (Å²) >= 11 is 0. The number of halogens is 2. The Bertz CT molecular complexity index is 831. The molecule has 0 spiro atoms. The van der Waals surface area contributed by atoms with Crippen LogP contribution in [0.3, 0.4) is 0 Å². The maximum absolute atomic E-state index is 14.0. The van der Waals surface area contributed by atoms with E-state index in [9.17, 15) is 13.9 Å². The lowest BCUT2D eigenvalue weighted by molar-refractivity contribution is 0.474. The Kier molecular flexibility index (Phi) is 5.99. The third-order valence-corrected chi connectivity index (χ3v) is 6.00. The molecule has 0 amide bonds. The molecule has 0 heterocycles. The van der Waals surface area contributed by atoms with E-state index in [-0.39, 0.29) is 14.3 Å². The van der Waals surface area contributed by atoms with Gasteiger partial charge in [-0.05, 0) is 54.2 Å². The molecule has 3 atom stereocenters. The Hall–Kier alpha value is -1.56. The van der Waals surface area contributed by atoms with Crippen molar-refractivity contribution in [3.05, 3.63) is 77.4 Å². The number of hydrogen-bond donors (Lipinski definition) is 1. The van der Waals surface area contributed by atoms with Crippen LogP contribution < -0.4 is 10.6 Å². The predicted molar refractivity (Wildman–Crippen MR) is 106 cm³/mol. The summed E-state index contributed by atoms with van der Waals surface area (Å²) in [6.07, 6.45) is 10.9. The van der Waals surface area contributed by atoms with Crippen LogP contribution in [0.5, 0.6) is 5.75 Å². The number of aromatic hydroxyl groups is 1. The molecule has 1 aliphatic carbocycles. The average molecular weight is 376 g/mol. The van der Waals surface area contributed by atoms with Gasteiger partial charge in [-0.25, -0.2) is 8.78 Å². The highest BCUT2D eigenvalue weighted by Crippen LogP contribution is 2.28. The number of phenols is 1. The van der Waals surface area contributed by atoms with Gasteiger partial charge in [0.05, 0.1) is 0 Å². The van der Waals surface area contributed by atoms with Crippen molar-refractivity contribution in [2.75, 3.05) is 0 Å². The van der Waals surface area contributed by atoms with Gasteiger partial charge in [0.1, 0.15) is 17.4 Å². The molecule has 1 nitrogen and oxygen atoms in total. The van der Waals surface area contributed by atoms with Crippen molar-refractivity contribution in [1.29, 1.82) is 0 Å². The topological polar surface area (TPSA) is 20.2 Å². The molecule has 2 aromatic rings. The minimum Gasteiger partial charge on any atom is -0.507 e. The summed E-state index contributed by atoms with van der Waals surface area (Å²) in [6.45, 7) is 0. The van der Waals surface area contributed by atoms with Crippen molar-refractivity contribution in [2.45, 2.75) is 19.0 Å². The Morgan fingerprint density at radius 3 is 2.64 bits per heavy atom. The molecule has 2 aromatic carbocycles. The van der Waals surface area contributed by atoms with Crippen LogP contribution >= 0.6 is 17.8 Å². The van der Waals surface area contributed by atoms with Gasteiger partial charge in [0, 0.05) is 16.7 Å². The minimum atomic E-state index is -0.591. The first kappa shape index (κ1) is 18.2. The molecule has 1 N–H and O–H groups in total. The molecule has 0 radical (unpaired) electrons. The molecule has 130 valence electrons. The SMILES string of the molecule is Oc1c(CP)cc(CC2C=CC=CC2)cc1Pc1ccc(F)cc1F. The summed E-state index contributed by atoms with van der Waals surface area (Å²) in [7, 11) is 2.57. The normalized spacial score (nSPS) is 16.8. The largest absolute Gasteiger partial charge is 0.507 e. The molecule has 0 saturated heterocycles. The van der Waals surface area contributed by atoms with Gasteiger partial charge < -0.3 is 5.11 Å². The molecule has 3 unspecified atom stereocenters. The van der Waals surface area contributed by atoms with Gasteiger partial charge in [0.15, 0.2) is 0 Å². The van der Waals surface area contributed by atoms with E-state index in [4.69, 9.17) is 0 Å². The second-order valence-electron chi connectivity index (χ2n) is 6.12. The molecular formula is C20H20F2OP2. The zero-order valence-electron chi connectivity index (χ0n) is 13.7. The summed E-state index contributed by atoms with van der Waals surface area (Å²) in [6, 6.07) is 7.56. The standard InChI is InChI=1S/C20H20F2OP2/c21-16-6-7-18(17(22)11-16)25-19-10-14(9-15(12-24)20(19)23)8-13-4-2-1-3-5-13/h1-4,6-7,9-11,13,23,25H,5,8,12,24H2. The summed E-state index contributed by atoms with van der Waals surface area (Å²) < 4.78 is 27.1. The van der Waals surface area contributed by atoms with Gasteiger partial charge in [-0.3, -0.25) is 0 Å². The van der Waals surface area contributed by atoms with E-state index in [0.717, 1.165) is 30.0 Å². The maximum Gasteiger partial charge on any atom is 0.133 e. The van der Waals surface area contributed by atoms with Crippen LogP contribution in [0, 0.1) is 17.6 Å². The van der Waals surface area contributed by atoms with E-state index in [0.29, 0.717) is 22.7 Å². The predicted octanol–water partition coefficient (Wildman–Crippen LogP) is 4.35. The number of allylic oxidation sites excluding steroid dienone is 4. The fourth-order valence-corrected chi connectivity index (χ4v) is 4.45. The lowest BCUT2D eigenvalue weighted by Crippen LogP contribution is -2.12. The summed E-state index contributed by atoms with van der Waals surface area (Å²) in [4.78, 5) is 0. The quantitative estimate of drug-likeness (QED) is 0.770. The van der Waals surface area contributed by atoms with E-state index in [2.05, 4.69) is 27.5 Å². The number of phenolic OH excluding ortho intramolecular Hbond substituents is 1. The fourth-order valence-electron chi connectivity index (χ4n) is 2.95. The Balaban J connectivity index is 1.90. The first-order valence-corrected chi connectivity index (χ1v) is 9.98. The molecule has 1 aliphatic rings. The minimum absolute atomic E-state index is 0.0542. The first-order chi connectivity index (χ1) is 12.1. The Labute approximate surface area is 150 Å². The maximum atomic E-state index is 14.0. The zero-order valence-corrected chi connectivity index (χ0v) is 15.8. The van der Waals surface area contributed by atoms with Gasteiger partial charge >= 0.3 is 0 Å². The van der Waals surface area contributed by atoms with E-state index >= 15 is 0 Å². The highest BCUT2D eigenvalue weighted by atomic mass is 31.1. The molecule has 0 fully saturated rings. The molecule has 0 bridgehead atoms. The lowest BCUT2D eigenvalue weighted by Gasteiger charge is -2.17. The lowest BCUT2D eigenvalue weighted by atomic mass is 9.92. The van der Waals surface area contributed by atoms with Gasteiger partial charge in [-0.15, -0.1) is 9.24 Å². The fraction of sp³-hybridized carbons (Fsp3) is 0.200. The second kappa shape index (κ2) is 8.21. The number of benzene rings is 2. The van der Waals surface area contributed by atoms with Crippen molar-refractivity contribution in [3.8, 4) is 5.75 Å². The highest BCUT2D eigenvalue weighted by molar-refractivity contribution is 7.55. The molecule has 0 aromatic heterocycles. The smallest absolute Gasteiger partial charge is 0.133 e. The second-order valence-corrected chi connectivity index (χ2v) is 7.85. The third kappa shape index (κ3) is 4.54. The molecule has 0 saturated carbocycles. The average Bonchev–Trinajstić information content (AvgIpc) is 2.60. The summed E-state index contributed by atoms with van der Waals surface area (Å²) in [5, 5.41) is 11.6. The van der Waals surface area contributed by atoms with Crippen molar-refractivity contribution in [2.24, 2.45) is 5.92 Å². The monoisotopic (exact) mass is 376 g/mol. The summed E-state index contributed by atoms with van der Waals surface area (Å²) in [5.74, 6) is -0.520. The van der Waals surface area contributed by atoms with E-state index in [1.807, 2.05) is 18.2 Å². The van der Waals surface area contributed by atoms with Crippen molar-refractivity contribution < 1.29 is 13.9 Å². The van der Waals surface area contributed by atoms with E-state index in [1.54, 1.807) is 0 Å². The van der Waals surface area contributed by atoms with Crippen LogP contribution in [0.25, 0.3) is 0 Å². The molecule has 3 rings (SSSR count). The van der Waals surface area contributed by atoms with Crippen LogP contribution in [-0.4, -0.2) is 5.11 Å². The Morgan fingerprint density at radius 1 is 1.12 bits per heavy atom. The molecule has 5 heteroatoms. The number of hydrogen-bond acceptors (Lipinski definition) is 1. The van der Waals surface area contributed by atoms with Gasteiger partial charge in [-0.1, -0.05) is 39.0 Å². The molecular weight excluding hydrogens is 356 g/mol. The van der Waals surface area contributed by atoms with Crippen LogP contribution in [0.2, 0.25) is 0 Å². The molecule has 25 heavy (non-hydrogen) atoms. The van der Waals surface area contributed by atoms with Crippen molar-refractivity contribution in [1.82, 2.24) is 0 Å².